The van der Waals surface area contributed by atoms with E-state index in [0.29, 0.717) is 22.6 Å². The largest absolute Gasteiger partial charge is 0.478 e. The second-order valence-corrected chi connectivity index (χ2v) is 8.38. The zero-order valence-electron chi connectivity index (χ0n) is 19.3. The van der Waals surface area contributed by atoms with Crippen LogP contribution in [0.5, 0.6) is 0 Å². The molecule has 1 fully saturated rings. The molecule has 0 saturated heterocycles. The highest BCUT2D eigenvalue weighted by atomic mass is 19.1. The van der Waals surface area contributed by atoms with Gasteiger partial charge in [-0.3, -0.25) is 14.2 Å². The van der Waals surface area contributed by atoms with Crippen molar-refractivity contribution in [2.24, 2.45) is 0 Å². The standard InChI is InChI=1S/C24H22FN7O4/c1-12-13(24(35)36)5-3-7-18(12)31-8-4-6-15(23(31)34)28-20-10-17(26-2)21-27-11-19(32(21)30-20)22(33)29-16-9-14(16)25/h3-8,10-11,14,16,26H,9H2,1-2H3,(H,28,30)(H,29,33)(H,35,36)/t14-,16+/m0/s1. The van der Waals surface area contributed by atoms with E-state index in [-0.39, 0.29) is 29.2 Å². The van der Waals surface area contributed by atoms with Gasteiger partial charge in [0, 0.05) is 25.7 Å². The molecule has 4 aromatic rings. The van der Waals surface area contributed by atoms with E-state index in [0.717, 1.165) is 0 Å². The Morgan fingerprint density at radius 3 is 2.67 bits per heavy atom. The lowest BCUT2D eigenvalue weighted by molar-refractivity contribution is 0.0695. The van der Waals surface area contributed by atoms with Crippen LogP contribution in [0.1, 0.15) is 32.8 Å². The minimum atomic E-state index is -1.09. The summed E-state index contributed by atoms with van der Waals surface area (Å²) in [5.74, 6) is -1.34. The van der Waals surface area contributed by atoms with Crippen LogP contribution in [0.15, 0.2) is 53.6 Å². The lowest BCUT2D eigenvalue weighted by atomic mass is 10.1. The average molecular weight is 491 g/mol. The van der Waals surface area contributed by atoms with Crippen molar-refractivity contribution in [1.29, 1.82) is 0 Å². The number of amides is 1. The van der Waals surface area contributed by atoms with E-state index in [2.05, 4.69) is 26.0 Å². The van der Waals surface area contributed by atoms with Gasteiger partial charge in [-0.2, -0.15) is 0 Å². The minimum absolute atomic E-state index is 0.0970. The minimum Gasteiger partial charge on any atom is -0.478 e. The number of hydrogen-bond donors (Lipinski definition) is 4. The van der Waals surface area contributed by atoms with E-state index in [9.17, 15) is 23.9 Å². The number of aromatic carboxylic acids is 1. The van der Waals surface area contributed by atoms with Crippen LogP contribution in [0.25, 0.3) is 11.3 Å². The zero-order chi connectivity index (χ0) is 25.6. The molecule has 5 rings (SSSR count). The molecule has 3 aromatic heterocycles. The number of fused-ring (bicyclic) bond motifs is 1. The molecule has 184 valence electrons. The molecule has 1 saturated carbocycles. The van der Waals surface area contributed by atoms with Crippen molar-refractivity contribution in [2.75, 3.05) is 17.7 Å². The highest BCUT2D eigenvalue weighted by molar-refractivity contribution is 5.94. The lowest BCUT2D eigenvalue weighted by Crippen LogP contribution is -2.28. The number of carboxylic acids is 1. The van der Waals surface area contributed by atoms with Crippen molar-refractivity contribution in [1.82, 2.24) is 24.5 Å². The Bertz CT molecular complexity index is 1580. The molecule has 1 aliphatic carbocycles. The summed E-state index contributed by atoms with van der Waals surface area (Å²) in [7, 11) is 1.68. The quantitative estimate of drug-likeness (QED) is 0.309. The molecule has 0 aliphatic heterocycles. The number of carbonyl (C=O) groups is 2. The Kier molecular flexibility index (Phi) is 5.63. The summed E-state index contributed by atoms with van der Waals surface area (Å²) in [6.07, 6.45) is 2.13. The molecule has 0 spiro atoms. The molecule has 3 heterocycles. The van der Waals surface area contributed by atoms with Crippen molar-refractivity contribution in [2.45, 2.75) is 25.6 Å². The molecule has 36 heavy (non-hydrogen) atoms. The van der Waals surface area contributed by atoms with Crippen LogP contribution in [0, 0.1) is 6.92 Å². The monoisotopic (exact) mass is 491 g/mol. The van der Waals surface area contributed by atoms with Crippen LogP contribution in [0.4, 0.5) is 21.6 Å². The summed E-state index contributed by atoms with van der Waals surface area (Å²) in [6, 6.07) is 9.04. The van der Waals surface area contributed by atoms with E-state index in [1.165, 1.54) is 21.3 Å². The fourth-order valence-electron chi connectivity index (χ4n) is 3.96. The van der Waals surface area contributed by atoms with Crippen LogP contribution in [0.3, 0.4) is 0 Å². The van der Waals surface area contributed by atoms with E-state index in [1.807, 2.05) is 0 Å². The van der Waals surface area contributed by atoms with Crippen molar-refractivity contribution < 1.29 is 19.1 Å². The Morgan fingerprint density at radius 2 is 1.97 bits per heavy atom. The van der Waals surface area contributed by atoms with Gasteiger partial charge in [-0.15, -0.1) is 5.10 Å². The summed E-state index contributed by atoms with van der Waals surface area (Å²) < 4.78 is 15.9. The van der Waals surface area contributed by atoms with Gasteiger partial charge in [0.1, 0.15) is 11.9 Å². The van der Waals surface area contributed by atoms with Crippen LogP contribution in [-0.4, -0.2) is 55.4 Å². The summed E-state index contributed by atoms with van der Waals surface area (Å²) in [5, 5.41) is 22.4. The Balaban J connectivity index is 1.53. The first-order chi connectivity index (χ1) is 17.3. The predicted octanol–water partition coefficient (Wildman–Crippen LogP) is 2.51. The number of nitrogens with zero attached hydrogens (tertiary/aromatic N) is 4. The number of halogens is 1. The number of anilines is 3. The summed E-state index contributed by atoms with van der Waals surface area (Å²) in [5.41, 5.74) is 1.77. The number of alkyl halides is 1. The number of nitrogens with one attached hydrogen (secondary N) is 3. The maximum Gasteiger partial charge on any atom is 0.336 e. The van der Waals surface area contributed by atoms with Crippen LogP contribution in [-0.2, 0) is 0 Å². The van der Waals surface area contributed by atoms with Gasteiger partial charge in [0.05, 0.1) is 29.2 Å². The van der Waals surface area contributed by atoms with E-state index < -0.39 is 29.6 Å². The third kappa shape index (κ3) is 4.02. The molecule has 4 N–H and O–H groups in total. The van der Waals surface area contributed by atoms with Crippen molar-refractivity contribution in [3.05, 3.63) is 76.0 Å². The van der Waals surface area contributed by atoms with Gasteiger partial charge in [-0.05, 0) is 36.8 Å². The van der Waals surface area contributed by atoms with Crippen molar-refractivity contribution >= 4 is 34.7 Å². The second-order valence-electron chi connectivity index (χ2n) is 8.38. The zero-order valence-corrected chi connectivity index (χ0v) is 19.3. The maximum absolute atomic E-state index is 13.3. The number of benzene rings is 1. The van der Waals surface area contributed by atoms with Gasteiger partial charge in [-0.25, -0.2) is 18.7 Å². The van der Waals surface area contributed by atoms with Crippen LogP contribution < -0.4 is 21.5 Å². The number of imidazole rings is 1. The SMILES string of the molecule is CNc1cc(Nc2cccn(-c3cccc(C(=O)O)c3C)c2=O)nn2c(C(=O)N[C@@H]3C[C@@H]3F)cnc12. The number of carbonyl (C=O) groups excluding carboxylic acids is 1. The van der Waals surface area contributed by atoms with Gasteiger partial charge in [-0.1, -0.05) is 6.07 Å². The van der Waals surface area contributed by atoms with E-state index in [4.69, 9.17) is 0 Å². The topological polar surface area (TPSA) is 143 Å². The predicted molar refractivity (Wildman–Crippen MR) is 130 cm³/mol. The molecule has 1 aromatic carbocycles. The van der Waals surface area contributed by atoms with E-state index >= 15 is 0 Å². The van der Waals surface area contributed by atoms with Crippen molar-refractivity contribution in [3.8, 4) is 5.69 Å². The summed E-state index contributed by atoms with van der Waals surface area (Å²) in [6.45, 7) is 1.64. The highest BCUT2D eigenvalue weighted by Crippen LogP contribution is 2.26. The maximum atomic E-state index is 13.3. The van der Waals surface area contributed by atoms with Gasteiger partial charge in [0.15, 0.2) is 17.2 Å². The number of pyridine rings is 1. The molecular formula is C24H22FN7O4. The van der Waals surface area contributed by atoms with Crippen LogP contribution in [0.2, 0.25) is 0 Å². The highest BCUT2D eigenvalue weighted by Gasteiger charge is 2.39. The van der Waals surface area contributed by atoms with Gasteiger partial charge in [0.2, 0.25) is 0 Å². The summed E-state index contributed by atoms with van der Waals surface area (Å²) in [4.78, 5) is 41.7. The normalized spacial score (nSPS) is 16.5. The average Bonchev–Trinajstić information content (AvgIpc) is 3.36. The molecule has 0 bridgehead atoms. The molecule has 1 amide bonds. The lowest BCUT2D eigenvalue weighted by Gasteiger charge is -2.14. The number of carboxylic acid groups (broad SMARTS) is 1. The van der Waals surface area contributed by atoms with Gasteiger partial charge < -0.3 is 21.1 Å². The third-order valence-corrected chi connectivity index (χ3v) is 6.00. The first-order valence-electron chi connectivity index (χ1n) is 11.1. The number of aromatic nitrogens is 4. The molecule has 1 aliphatic rings. The fourth-order valence-corrected chi connectivity index (χ4v) is 3.96. The Morgan fingerprint density at radius 1 is 1.19 bits per heavy atom. The second kappa shape index (κ2) is 8.80. The molecule has 12 heteroatoms. The molecule has 11 nitrogen and oxygen atoms in total. The Hall–Kier alpha value is -4.74. The first kappa shape index (κ1) is 23.0. The first-order valence-corrected chi connectivity index (χ1v) is 11.1. The molecule has 0 unspecified atom stereocenters. The van der Waals surface area contributed by atoms with Crippen molar-refractivity contribution in [3.63, 3.8) is 0 Å². The summed E-state index contributed by atoms with van der Waals surface area (Å²) >= 11 is 0. The molecule has 0 radical (unpaired) electrons. The molecular weight excluding hydrogens is 469 g/mol. The number of hydrogen-bond acceptors (Lipinski definition) is 7. The van der Waals surface area contributed by atoms with Gasteiger partial charge in [0.25, 0.3) is 11.5 Å². The number of rotatable bonds is 7. The Labute approximate surface area is 203 Å². The van der Waals surface area contributed by atoms with Crippen LogP contribution >= 0.6 is 0 Å². The van der Waals surface area contributed by atoms with Gasteiger partial charge >= 0.3 is 5.97 Å². The van der Waals surface area contributed by atoms with E-state index in [1.54, 1.807) is 50.5 Å². The molecule has 2 atom stereocenters. The smallest absolute Gasteiger partial charge is 0.336 e. The third-order valence-electron chi connectivity index (χ3n) is 6.00. The fraction of sp³-hybridized carbons (Fsp3) is 0.208.